The fourth-order valence-electron chi connectivity index (χ4n) is 1.58. The third-order valence-electron chi connectivity index (χ3n) is 2.78. The van der Waals surface area contributed by atoms with Crippen LogP contribution in [-0.4, -0.2) is 51.0 Å². The molecule has 6 nitrogen and oxygen atoms in total. The molecule has 21 heavy (non-hydrogen) atoms. The third kappa shape index (κ3) is 5.24. The number of carbonyl (C=O) groups is 2. The molecular formula is C14H20ClN3O3. The number of anilines is 1. The van der Waals surface area contributed by atoms with Gasteiger partial charge in [0.15, 0.2) is 0 Å². The van der Waals surface area contributed by atoms with Gasteiger partial charge in [0.25, 0.3) is 0 Å². The van der Waals surface area contributed by atoms with Crippen molar-refractivity contribution in [2.24, 2.45) is 0 Å². The summed E-state index contributed by atoms with van der Waals surface area (Å²) in [5.41, 5.74) is 1.19. The molecule has 0 atom stereocenters. The van der Waals surface area contributed by atoms with Gasteiger partial charge in [0.1, 0.15) is 5.75 Å². The van der Waals surface area contributed by atoms with E-state index in [1.165, 1.54) is 7.11 Å². The maximum Gasteiger partial charge on any atom is 0.313 e. The van der Waals surface area contributed by atoms with Gasteiger partial charge in [0, 0.05) is 24.2 Å². The van der Waals surface area contributed by atoms with Gasteiger partial charge in [-0.2, -0.15) is 0 Å². The van der Waals surface area contributed by atoms with Crippen molar-refractivity contribution in [2.45, 2.75) is 6.92 Å². The van der Waals surface area contributed by atoms with Gasteiger partial charge in [-0.25, -0.2) is 0 Å². The molecule has 0 fully saturated rings. The second-order valence-corrected chi connectivity index (χ2v) is 5.22. The Labute approximate surface area is 129 Å². The lowest BCUT2D eigenvalue weighted by atomic mass is 10.2. The number of halogens is 1. The van der Waals surface area contributed by atoms with E-state index in [0.717, 1.165) is 5.56 Å². The van der Waals surface area contributed by atoms with Crippen molar-refractivity contribution in [1.82, 2.24) is 10.2 Å². The van der Waals surface area contributed by atoms with E-state index < -0.39 is 11.8 Å². The topological polar surface area (TPSA) is 70.7 Å². The van der Waals surface area contributed by atoms with Crippen molar-refractivity contribution >= 4 is 29.1 Å². The summed E-state index contributed by atoms with van der Waals surface area (Å²) in [6, 6.07) is 3.25. The standard InChI is InChI=1S/C14H20ClN3O3/c1-9-7-11(12(21-4)8-10(9)15)17-14(20)13(19)16-5-6-18(2)3/h7-8H,5-6H2,1-4H3,(H,16,19)(H,17,20). The summed E-state index contributed by atoms with van der Waals surface area (Å²) in [5, 5.41) is 5.59. The number of hydrogen-bond acceptors (Lipinski definition) is 4. The first-order valence-electron chi connectivity index (χ1n) is 6.43. The quantitative estimate of drug-likeness (QED) is 0.803. The first-order chi connectivity index (χ1) is 9.85. The van der Waals surface area contributed by atoms with E-state index in [1.54, 1.807) is 19.1 Å². The van der Waals surface area contributed by atoms with Crippen LogP contribution in [0, 0.1) is 6.92 Å². The molecule has 0 radical (unpaired) electrons. The van der Waals surface area contributed by atoms with Gasteiger partial charge in [0.05, 0.1) is 12.8 Å². The number of methoxy groups -OCH3 is 1. The van der Waals surface area contributed by atoms with Gasteiger partial charge in [-0.1, -0.05) is 11.6 Å². The van der Waals surface area contributed by atoms with E-state index in [9.17, 15) is 9.59 Å². The van der Waals surface area contributed by atoms with Crippen molar-refractivity contribution in [3.63, 3.8) is 0 Å². The molecule has 0 bridgehead atoms. The van der Waals surface area contributed by atoms with Crippen LogP contribution in [0.15, 0.2) is 12.1 Å². The highest BCUT2D eigenvalue weighted by Crippen LogP contribution is 2.30. The SMILES string of the molecule is COc1cc(Cl)c(C)cc1NC(=O)C(=O)NCCN(C)C. The predicted molar refractivity (Wildman–Crippen MR) is 82.9 cm³/mol. The van der Waals surface area contributed by atoms with Crippen molar-refractivity contribution in [3.8, 4) is 5.75 Å². The van der Waals surface area contributed by atoms with Gasteiger partial charge < -0.3 is 20.3 Å². The highest BCUT2D eigenvalue weighted by Gasteiger charge is 2.16. The first kappa shape index (κ1) is 17.3. The molecule has 2 N–H and O–H groups in total. The van der Waals surface area contributed by atoms with Crippen molar-refractivity contribution < 1.29 is 14.3 Å². The minimum absolute atomic E-state index is 0.399. The highest BCUT2D eigenvalue weighted by atomic mass is 35.5. The molecule has 0 saturated heterocycles. The summed E-state index contributed by atoms with van der Waals surface area (Å²) in [4.78, 5) is 25.4. The lowest BCUT2D eigenvalue weighted by Gasteiger charge is -2.13. The Bertz CT molecular complexity index is 532. The zero-order valence-electron chi connectivity index (χ0n) is 12.6. The monoisotopic (exact) mass is 313 g/mol. The van der Waals surface area contributed by atoms with E-state index in [2.05, 4.69) is 10.6 Å². The van der Waals surface area contributed by atoms with E-state index in [-0.39, 0.29) is 0 Å². The lowest BCUT2D eigenvalue weighted by Crippen LogP contribution is -2.38. The van der Waals surface area contributed by atoms with Crippen molar-refractivity contribution in [3.05, 3.63) is 22.7 Å². The molecule has 0 aliphatic carbocycles. The first-order valence-corrected chi connectivity index (χ1v) is 6.81. The summed E-state index contributed by atoms with van der Waals surface area (Å²) in [6.45, 7) is 2.85. The molecule has 0 spiro atoms. The van der Waals surface area contributed by atoms with E-state index in [4.69, 9.17) is 16.3 Å². The van der Waals surface area contributed by atoms with Crippen LogP contribution in [0.5, 0.6) is 5.75 Å². The average Bonchev–Trinajstić information content (AvgIpc) is 2.41. The van der Waals surface area contributed by atoms with Crippen LogP contribution in [0.4, 0.5) is 5.69 Å². The molecule has 0 aliphatic rings. The molecule has 2 amide bonds. The van der Waals surface area contributed by atoms with Crippen LogP contribution in [0.3, 0.4) is 0 Å². The Hall–Kier alpha value is -1.79. The second kappa shape index (κ2) is 7.85. The van der Waals surface area contributed by atoms with E-state index in [0.29, 0.717) is 29.5 Å². The van der Waals surface area contributed by atoms with Gasteiger partial charge in [0.2, 0.25) is 0 Å². The number of ether oxygens (including phenoxy) is 1. The van der Waals surface area contributed by atoms with Crippen LogP contribution in [0.1, 0.15) is 5.56 Å². The molecule has 0 saturated carbocycles. The van der Waals surface area contributed by atoms with E-state index >= 15 is 0 Å². The number of aryl methyl sites for hydroxylation is 1. The van der Waals surface area contributed by atoms with E-state index in [1.807, 2.05) is 19.0 Å². The smallest absolute Gasteiger partial charge is 0.313 e. The lowest BCUT2D eigenvalue weighted by molar-refractivity contribution is -0.136. The zero-order valence-corrected chi connectivity index (χ0v) is 13.4. The van der Waals surface area contributed by atoms with Crippen LogP contribution >= 0.6 is 11.6 Å². The maximum absolute atomic E-state index is 11.8. The van der Waals surface area contributed by atoms with Gasteiger partial charge in [-0.05, 0) is 32.6 Å². The summed E-state index contributed by atoms with van der Waals surface area (Å²) in [7, 11) is 5.23. The van der Waals surface area contributed by atoms with Crippen LogP contribution in [0.2, 0.25) is 5.02 Å². The van der Waals surface area contributed by atoms with Crippen LogP contribution in [0.25, 0.3) is 0 Å². The molecule has 0 heterocycles. The van der Waals surface area contributed by atoms with Crippen molar-refractivity contribution in [2.75, 3.05) is 39.6 Å². The summed E-state index contributed by atoms with van der Waals surface area (Å²) < 4.78 is 5.14. The molecule has 7 heteroatoms. The highest BCUT2D eigenvalue weighted by molar-refractivity contribution is 6.40. The third-order valence-corrected chi connectivity index (χ3v) is 3.19. The Morgan fingerprint density at radius 3 is 2.52 bits per heavy atom. The molecule has 0 aromatic heterocycles. The number of likely N-dealkylation sites (N-methyl/N-ethyl adjacent to an activating group) is 1. The molecule has 1 aromatic carbocycles. The minimum atomic E-state index is -0.742. The number of benzene rings is 1. The Balaban J connectivity index is 2.70. The molecule has 1 aromatic rings. The fourth-order valence-corrected chi connectivity index (χ4v) is 1.74. The number of amides is 2. The number of nitrogens with zero attached hydrogens (tertiary/aromatic N) is 1. The normalized spacial score (nSPS) is 10.4. The molecule has 116 valence electrons. The second-order valence-electron chi connectivity index (χ2n) is 4.81. The zero-order chi connectivity index (χ0) is 16.0. The molecular weight excluding hydrogens is 294 g/mol. The largest absolute Gasteiger partial charge is 0.495 e. The average molecular weight is 314 g/mol. The number of hydrogen-bond donors (Lipinski definition) is 2. The molecule has 1 rings (SSSR count). The van der Waals surface area contributed by atoms with Crippen LogP contribution < -0.4 is 15.4 Å². The van der Waals surface area contributed by atoms with Crippen LogP contribution in [-0.2, 0) is 9.59 Å². The minimum Gasteiger partial charge on any atom is -0.495 e. The predicted octanol–water partition coefficient (Wildman–Crippen LogP) is 1.27. The summed E-state index contributed by atoms with van der Waals surface area (Å²) in [6.07, 6.45) is 0. The Morgan fingerprint density at radius 1 is 1.29 bits per heavy atom. The fraction of sp³-hybridized carbons (Fsp3) is 0.429. The maximum atomic E-state index is 11.8. The van der Waals surface area contributed by atoms with Crippen molar-refractivity contribution in [1.29, 1.82) is 0 Å². The molecule has 0 aliphatic heterocycles. The summed E-state index contributed by atoms with van der Waals surface area (Å²) >= 11 is 5.99. The number of carbonyl (C=O) groups excluding carboxylic acids is 2. The van der Waals surface area contributed by atoms with Gasteiger partial charge in [-0.3, -0.25) is 9.59 Å². The Morgan fingerprint density at radius 2 is 1.95 bits per heavy atom. The number of rotatable bonds is 5. The molecule has 0 unspecified atom stereocenters. The Kier molecular flexibility index (Phi) is 6.45. The summed E-state index contributed by atoms with van der Waals surface area (Å²) in [5.74, 6) is -1.03. The van der Waals surface area contributed by atoms with Gasteiger partial charge >= 0.3 is 11.8 Å². The van der Waals surface area contributed by atoms with Gasteiger partial charge in [-0.15, -0.1) is 0 Å². The number of nitrogens with one attached hydrogen (secondary N) is 2.